The smallest absolute Gasteiger partial charge is 0.337 e. The monoisotopic (exact) mass is 213 g/mol. The third-order valence-corrected chi connectivity index (χ3v) is 2.43. The Morgan fingerprint density at radius 2 is 2.14 bits per heavy atom. The van der Waals surface area contributed by atoms with Gasteiger partial charge in [0.1, 0.15) is 4.88 Å². The van der Waals surface area contributed by atoms with Crippen molar-refractivity contribution in [1.29, 1.82) is 0 Å². The van der Waals surface area contributed by atoms with Crippen LogP contribution in [0.15, 0.2) is 11.4 Å². The summed E-state index contributed by atoms with van der Waals surface area (Å²) in [6.45, 7) is 3.65. The van der Waals surface area contributed by atoms with Crippen LogP contribution in [0.25, 0.3) is 0 Å². The number of amides is 1. The largest absolute Gasteiger partial charge is 0.478 e. The highest BCUT2D eigenvalue weighted by atomic mass is 32.1. The molecule has 76 valence electrons. The van der Waals surface area contributed by atoms with E-state index in [0.717, 1.165) is 11.3 Å². The fourth-order valence-corrected chi connectivity index (χ4v) is 1.77. The first-order chi connectivity index (χ1) is 6.52. The zero-order valence-corrected chi connectivity index (χ0v) is 8.72. The number of hydrogen-bond donors (Lipinski definition) is 2. The van der Waals surface area contributed by atoms with Crippen molar-refractivity contribution in [2.24, 2.45) is 0 Å². The molecule has 0 aromatic carbocycles. The van der Waals surface area contributed by atoms with Crippen LogP contribution in [0.3, 0.4) is 0 Å². The van der Waals surface area contributed by atoms with Gasteiger partial charge in [-0.2, -0.15) is 0 Å². The lowest BCUT2D eigenvalue weighted by atomic mass is 10.2. The molecular formula is C9H11NO3S. The average molecular weight is 213 g/mol. The van der Waals surface area contributed by atoms with Gasteiger partial charge in [0.2, 0.25) is 0 Å². The van der Waals surface area contributed by atoms with Gasteiger partial charge in [-0.3, -0.25) is 4.79 Å². The zero-order chi connectivity index (χ0) is 10.7. The number of nitrogens with one attached hydrogen (secondary N) is 1. The fraction of sp³-hybridized carbons (Fsp3) is 0.333. The van der Waals surface area contributed by atoms with Gasteiger partial charge in [0.15, 0.2) is 0 Å². The highest BCUT2D eigenvalue weighted by Crippen LogP contribution is 2.16. The number of carbonyl (C=O) groups excluding carboxylic acids is 1. The van der Waals surface area contributed by atoms with Crippen molar-refractivity contribution >= 4 is 23.2 Å². The van der Waals surface area contributed by atoms with Gasteiger partial charge < -0.3 is 10.4 Å². The Bertz CT molecular complexity index is 357. The van der Waals surface area contributed by atoms with Crippen LogP contribution < -0.4 is 5.32 Å². The number of rotatable bonds is 3. The Hall–Kier alpha value is -1.36. The molecule has 0 unspecified atom stereocenters. The van der Waals surface area contributed by atoms with E-state index in [2.05, 4.69) is 5.32 Å². The van der Waals surface area contributed by atoms with E-state index >= 15 is 0 Å². The molecule has 0 radical (unpaired) electrons. The Balaban J connectivity index is 2.90. The van der Waals surface area contributed by atoms with Gasteiger partial charge in [-0.05, 0) is 25.3 Å². The predicted octanol–water partition coefficient (Wildman–Crippen LogP) is 1.58. The molecule has 1 aromatic rings. The van der Waals surface area contributed by atoms with Crippen molar-refractivity contribution in [3.63, 3.8) is 0 Å². The second-order valence-electron chi connectivity index (χ2n) is 3.10. The van der Waals surface area contributed by atoms with E-state index in [1.165, 1.54) is 6.07 Å². The molecule has 0 fully saturated rings. The molecule has 0 aliphatic carbocycles. The molecule has 0 atom stereocenters. The molecule has 2 N–H and O–H groups in total. The fourth-order valence-electron chi connectivity index (χ4n) is 0.981. The highest BCUT2D eigenvalue weighted by Gasteiger charge is 2.18. The molecular weight excluding hydrogens is 202 g/mol. The molecule has 14 heavy (non-hydrogen) atoms. The van der Waals surface area contributed by atoms with Gasteiger partial charge in [-0.15, -0.1) is 11.3 Å². The summed E-state index contributed by atoms with van der Waals surface area (Å²) in [5, 5.41) is 13.0. The minimum absolute atomic E-state index is 0.00578. The van der Waals surface area contributed by atoms with Gasteiger partial charge in [-0.1, -0.05) is 0 Å². The maximum atomic E-state index is 11.5. The molecule has 0 aliphatic rings. The summed E-state index contributed by atoms with van der Waals surface area (Å²) in [4.78, 5) is 22.4. The maximum absolute atomic E-state index is 11.5. The van der Waals surface area contributed by atoms with Gasteiger partial charge in [0.05, 0.1) is 5.56 Å². The third-order valence-electron chi connectivity index (χ3n) is 1.52. The van der Waals surface area contributed by atoms with Crippen molar-refractivity contribution in [2.75, 3.05) is 0 Å². The van der Waals surface area contributed by atoms with Gasteiger partial charge in [-0.25, -0.2) is 4.79 Å². The number of carbonyl (C=O) groups is 2. The second kappa shape index (κ2) is 4.23. The number of hydrogen-bond acceptors (Lipinski definition) is 3. The minimum atomic E-state index is -1.07. The highest BCUT2D eigenvalue weighted by molar-refractivity contribution is 7.12. The van der Waals surface area contributed by atoms with Crippen molar-refractivity contribution in [2.45, 2.75) is 19.9 Å². The van der Waals surface area contributed by atoms with E-state index in [1.807, 2.05) is 13.8 Å². The standard InChI is InChI=1S/C9H11NO3S/c1-5(2)10-8(11)7-6(9(12)13)3-4-14-7/h3-5H,1-2H3,(H,10,11)(H,12,13). The van der Waals surface area contributed by atoms with Crippen LogP contribution in [0.2, 0.25) is 0 Å². The SMILES string of the molecule is CC(C)NC(=O)c1sccc1C(=O)O. The summed E-state index contributed by atoms with van der Waals surface area (Å²) >= 11 is 1.14. The van der Waals surface area contributed by atoms with E-state index in [1.54, 1.807) is 5.38 Å². The third kappa shape index (κ3) is 2.32. The van der Waals surface area contributed by atoms with Gasteiger partial charge >= 0.3 is 5.97 Å². The van der Waals surface area contributed by atoms with E-state index < -0.39 is 5.97 Å². The summed E-state index contributed by atoms with van der Waals surface area (Å²) in [6, 6.07) is 1.44. The van der Waals surface area contributed by atoms with Crippen LogP contribution in [-0.2, 0) is 0 Å². The van der Waals surface area contributed by atoms with Crippen molar-refractivity contribution in [3.05, 3.63) is 21.9 Å². The average Bonchev–Trinajstić information content (AvgIpc) is 2.49. The van der Waals surface area contributed by atoms with Crippen molar-refractivity contribution in [3.8, 4) is 0 Å². The molecule has 0 spiro atoms. The van der Waals surface area contributed by atoms with Crippen molar-refractivity contribution in [1.82, 2.24) is 5.32 Å². The first kappa shape index (κ1) is 10.7. The Kier molecular flexibility index (Phi) is 3.24. The predicted molar refractivity (Wildman–Crippen MR) is 53.9 cm³/mol. The molecule has 0 bridgehead atoms. The lowest BCUT2D eigenvalue weighted by molar-refractivity contribution is 0.0691. The summed E-state index contributed by atoms with van der Waals surface area (Å²) in [5.74, 6) is -1.40. The summed E-state index contributed by atoms with van der Waals surface area (Å²) in [6.07, 6.45) is 0. The summed E-state index contributed by atoms with van der Waals surface area (Å²) < 4.78 is 0. The quantitative estimate of drug-likeness (QED) is 0.801. The summed E-state index contributed by atoms with van der Waals surface area (Å²) in [5.41, 5.74) is 0.0631. The molecule has 4 nitrogen and oxygen atoms in total. The molecule has 5 heteroatoms. The van der Waals surface area contributed by atoms with E-state index in [0.29, 0.717) is 0 Å². The van der Waals surface area contributed by atoms with E-state index in [4.69, 9.17) is 5.11 Å². The normalized spacial score (nSPS) is 10.2. The van der Waals surface area contributed by atoms with Crippen LogP contribution >= 0.6 is 11.3 Å². The van der Waals surface area contributed by atoms with Crippen LogP contribution in [0, 0.1) is 0 Å². The Morgan fingerprint density at radius 1 is 1.50 bits per heavy atom. The number of thiophene rings is 1. The first-order valence-electron chi connectivity index (χ1n) is 4.14. The molecule has 1 heterocycles. The molecule has 0 saturated carbocycles. The minimum Gasteiger partial charge on any atom is -0.478 e. The van der Waals surface area contributed by atoms with Crippen LogP contribution in [0.4, 0.5) is 0 Å². The number of aromatic carboxylic acids is 1. The van der Waals surface area contributed by atoms with Crippen LogP contribution in [0.1, 0.15) is 33.9 Å². The maximum Gasteiger partial charge on any atom is 0.337 e. The zero-order valence-electron chi connectivity index (χ0n) is 7.90. The summed E-state index contributed by atoms with van der Waals surface area (Å²) in [7, 11) is 0. The first-order valence-corrected chi connectivity index (χ1v) is 5.02. The van der Waals surface area contributed by atoms with E-state index in [9.17, 15) is 9.59 Å². The Labute approximate surface area is 85.6 Å². The van der Waals surface area contributed by atoms with Gasteiger partial charge in [0.25, 0.3) is 5.91 Å². The molecule has 1 rings (SSSR count). The van der Waals surface area contributed by atoms with Crippen LogP contribution in [-0.4, -0.2) is 23.0 Å². The Morgan fingerprint density at radius 3 is 2.64 bits per heavy atom. The number of carboxylic acid groups (broad SMARTS) is 1. The number of carboxylic acids is 1. The molecule has 0 saturated heterocycles. The lowest BCUT2D eigenvalue weighted by Gasteiger charge is -2.06. The van der Waals surface area contributed by atoms with Crippen LogP contribution in [0.5, 0.6) is 0 Å². The van der Waals surface area contributed by atoms with Crippen molar-refractivity contribution < 1.29 is 14.7 Å². The molecule has 1 amide bonds. The molecule has 1 aromatic heterocycles. The second-order valence-corrected chi connectivity index (χ2v) is 4.01. The van der Waals surface area contributed by atoms with Gasteiger partial charge in [0, 0.05) is 6.04 Å². The topological polar surface area (TPSA) is 66.4 Å². The lowest BCUT2D eigenvalue weighted by Crippen LogP contribution is -2.30. The molecule has 0 aliphatic heterocycles. The van der Waals surface area contributed by atoms with E-state index in [-0.39, 0.29) is 22.4 Å².